The van der Waals surface area contributed by atoms with Crippen molar-refractivity contribution in [1.29, 1.82) is 0 Å². The third-order valence-electron chi connectivity index (χ3n) is 7.00. The molecule has 2 aliphatic heterocycles. The molecule has 172 valence electrons. The van der Waals surface area contributed by atoms with Crippen LogP contribution in [0.1, 0.15) is 43.0 Å². The summed E-state index contributed by atoms with van der Waals surface area (Å²) in [4.78, 5) is 20.0. The Morgan fingerprint density at radius 3 is 2.44 bits per heavy atom. The zero-order chi connectivity index (χ0) is 22.5. The van der Waals surface area contributed by atoms with Crippen molar-refractivity contribution < 1.29 is 14.3 Å². The van der Waals surface area contributed by atoms with E-state index in [1.54, 1.807) is 14.2 Å². The number of methoxy groups -OCH3 is 2. The minimum atomic E-state index is 0.208. The normalized spacial score (nSPS) is 20.8. The molecule has 0 spiro atoms. The van der Waals surface area contributed by atoms with E-state index in [4.69, 9.17) is 9.47 Å². The van der Waals surface area contributed by atoms with Crippen molar-refractivity contribution in [2.45, 2.75) is 31.8 Å². The molecule has 0 bridgehead atoms. The third kappa shape index (κ3) is 4.92. The topological polar surface area (TPSA) is 45.2 Å². The molecular formula is C26H35N3O3. The average Bonchev–Trinajstić information content (AvgIpc) is 3.31. The van der Waals surface area contributed by atoms with Gasteiger partial charge in [-0.2, -0.15) is 0 Å². The highest BCUT2D eigenvalue weighted by Gasteiger charge is 2.32. The molecule has 4 rings (SSSR count). The quantitative estimate of drug-likeness (QED) is 0.660. The Balaban J connectivity index is 1.35. The van der Waals surface area contributed by atoms with Gasteiger partial charge in [-0.3, -0.25) is 14.6 Å². The molecule has 6 heteroatoms. The molecule has 2 unspecified atom stereocenters. The molecule has 32 heavy (non-hydrogen) atoms. The smallest absolute Gasteiger partial charge is 0.236 e. The number of amides is 1. The summed E-state index contributed by atoms with van der Waals surface area (Å²) in [5.41, 5.74) is 2.47. The van der Waals surface area contributed by atoms with E-state index in [-0.39, 0.29) is 11.9 Å². The Morgan fingerprint density at radius 1 is 1.00 bits per heavy atom. The largest absolute Gasteiger partial charge is 0.497 e. The molecule has 0 aliphatic carbocycles. The number of carbonyl (C=O) groups excluding carboxylic acids is 1. The van der Waals surface area contributed by atoms with Crippen molar-refractivity contribution >= 4 is 5.91 Å². The van der Waals surface area contributed by atoms with Gasteiger partial charge in [0.25, 0.3) is 0 Å². The first-order chi connectivity index (χ1) is 15.6. The van der Waals surface area contributed by atoms with Crippen molar-refractivity contribution in [3.63, 3.8) is 0 Å². The lowest BCUT2D eigenvalue weighted by Gasteiger charge is -2.39. The lowest BCUT2D eigenvalue weighted by atomic mass is 10.0. The van der Waals surface area contributed by atoms with E-state index in [0.717, 1.165) is 62.6 Å². The molecule has 2 aromatic carbocycles. The van der Waals surface area contributed by atoms with Crippen LogP contribution in [0.15, 0.2) is 48.5 Å². The lowest BCUT2D eigenvalue weighted by molar-refractivity contribution is -0.134. The van der Waals surface area contributed by atoms with Gasteiger partial charge in [0.2, 0.25) is 5.91 Å². The predicted molar refractivity (Wildman–Crippen MR) is 126 cm³/mol. The third-order valence-corrected chi connectivity index (χ3v) is 7.00. The molecule has 0 N–H and O–H groups in total. The van der Waals surface area contributed by atoms with Crippen LogP contribution in [0.5, 0.6) is 11.5 Å². The van der Waals surface area contributed by atoms with Gasteiger partial charge < -0.3 is 14.4 Å². The maximum atomic E-state index is 13.1. The van der Waals surface area contributed by atoms with Gasteiger partial charge in [-0.15, -0.1) is 0 Å². The van der Waals surface area contributed by atoms with E-state index in [0.29, 0.717) is 12.6 Å². The molecule has 6 nitrogen and oxygen atoms in total. The minimum absolute atomic E-state index is 0.208. The van der Waals surface area contributed by atoms with E-state index in [2.05, 4.69) is 53.1 Å². The summed E-state index contributed by atoms with van der Waals surface area (Å²) in [6.45, 7) is 7.07. The van der Waals surface area contributed by atoms with Gasteiger partial charge in [0, 0.05) is 49.9 Å². The van der Waals surface area contributed by atoms with Crippen LogP contribution in [0.25, 0.3) is 0 Å². The molecule has 0 saturated carbocycles. The van der Waals surface area contributed by atoms with Crippen LogP contribution in [-0.2, 0) is 4.79 Å². The molecule has 2 saturated heterocycles. The Morgan fingerprint density at radius 2 is 1.75 bits per heavy atom. The van der Waals surface area contributed by atoms with Crippen LogP contribution in [0.2, 0.25) is 0 Å². The van der Waals surface area contributed by atoms with Crippen molar-refractivity contribution in [2.24, 2.45) is 0 Å². The monoisotopic (exact) mass is 437 g/mol. The molecule has 2 aliphatic rings. The summed E-state index contributed by atoms with van der Waals surface area (Å²) in [6, 6.07) is 17.2. The molecular weight excluding hydrogens is 402 g/mol. The summed E-state index contributed by atoms with van der Waals surface area (Å²) >= 11 is 0. The molecule has 2 atom stereocenters. The lowest BCUT2D eigenvalue weighted by Crippen LogP contribution is -2.51. The van der Waals surface area contributed by atoms with Gasteiger partial charge in [0.1, 0.15) is 11.5 Å². The second-order valence-electron chi connectivity index (χ2n) is 8.74. The fraction of sp³-hybridized carbons (Fsp3) is 0.500. The van der Waals surface area contributed by atoms with Crippen molar-refractivity contribution in [1.82, 2.24) is 14.7 Å². The first-order valence-corrected chi connectivity index (χ1v) is 11.6. The molecule has 1 amide bonds. The van der Waals surface area contributed by atoms with Gasteiger partial charge in [0.05, 0.1) is 20.8 Å². The Labute approximate surface area is 191 Å². The fourth-order valence-corrected chi connectivity index (χ4v) is 5.04. The van der Waals surface area contributed by atoms with E-state index < -0.39 is 0 Å². The van der Waals surface area contributed by atoms with Crippen LogP contribution >= 0.6 is 0 Å². The van der Waals surface area contributed by atoms with E-state index in [9.17, 15) is 4.79 Å². The molecule has 2 fully saturated rings. The zero-order valence-electron chi connectivity index (χ0n) is 19.5. The average molecular weight is 438 g/mol. The summed E-state index contributed by atoms with van der Waals surface area (Å²) in [5, 5.41) is 0. The first-order valence-electron chi connectivity index (χ1n) is 11.6. The summed E-state index contributed by atoms with van der Waals surface area (Å²) < 4.78 is 11.0. The van der Waals surface area contributed by atoms with Crippen LogP contribution < -0.4 is 9.47 Å². The highest BCUT2D eigenvalue weighted by molar-refractivity contribution is 5.78. The molecule has 2 heterocycles. The van der Waals surface area contributed by atoms with Crippen LogP contribution in [0.3, 0.4) is 0 Å². The highest BCUT2D eigenvalue weighted by Crippen LogP contribution is 2.38. The number of piperazine rings is 1. The SMILES string of the molecule is COc1ccc(C2CCCN2CC(=O)N2CCN(C(C)c3ccccc3)CC2)c(OC)c1. The number of hydrogen-bond donors (Lipinski definition) is 0. The summed E-state index contributed by atoms with van der Waals surface area (Å²) in [6.07, 6.45) is 2.13. The number of rotatable bonds is 7. The van der Waals surface area contributed by atoms with E-state index >= 15 is 0 Å². The predicted octanol–water partition coefficient (Wildman–Crippen LogP) is 3.75. The van der Waals surface area contributed by atoms with Crippen LogP contribution in [0.4, 0.5) is 0 Å². The second kappa shape index (κ2) is 10.4. The van der Waals surface area contributed by atoms with Crippen LogP contribution in [0, 0.1) is 0 Å². The second-order valence-corrected chi connectivity index (χ2v) is 8.74. The standard InChI is InChI=1S/C26H35N3O3/c1-20(21-8-5-4-6-9-21)27-14-16-28(17-15-27)26(30)19-29-13-7-10-24(29)23-12-11-22(31-2)18-25(23)32-3/h4-6,8-9,11-12,18,20,24H,7,10,13-17,19H2,1-3H3. The summed E-state index contributed by atoms with van der Waals surface area (Å²) in [5.74, 6) is 1.85. The van der Waals surface area contributed by atoms with Crippen molar-refractivity contribution in [2.75, 3.05) is 53.5 Å². The Hall–Kier alpha value is -2.57. The van der Waals surface area contributed by atoms with Gasteiger partial charge >= 0.3 is 0 Å². The van der Waals surface area contributed by atoms with Gasteiger partial charge in [-0.05, 0) is 37.9 Å². The number of likely N-dealkylation sites (tertiary alicyclic amines) is 1. The van der Waals surface area contributed by atoms with E-state index in [1.165, 1.54) is 5.56 Å². The Kier molecular flexibility index (Phi) is 7.33. The van der Waals surface area contributed by atoms with Crippen molar-refractivity contribution in [3.8, 4) is 11.5 Å². The molecule has 2 aromatic rings. The van der Waals surface area contributed by atoms with Gasteiger partial charge in [-0.1, -0.05) is 36.4 Å². The fourth-order valence-electron chi connectivity index (χ4n) is 5.04. The number of carbonyl (C=O) groups is 1. The number of hydrogen-bond acceptors (Lipinski definition) is 5. The number of ether oxygens (including phenoxy) is 2. The number of benzene rings is 2. The van der Waals surface area contributed by atoms with Gasteiger partial charge in [0.15, 0.2) is 0 Å². The maximum Gasteiger partial charge on any atom is 0.236 e. The van der Waals surface area contributed by atoms with Crippen LogP contribution in [-0.4, -0.2) is 74.1 Å². The molecule has 0 aromatic heterocycles. The zero-order valence-corrected chi connectivity index (χ0v) is 19.5. The molecule has 0 radical (unpaired) electrons. The van der Waals surface area contributed by atoms with Crippen molar-refractivity contribution in [3.05, 3.63) is 59.7 Å². The first kappa shape index (κ1) is 22.6. The minimum Gasteiger partial charge on any atom is -0.497 e. The van der Waals surface area contributed by atoms with Gasteiger partial charge in [-0.25, -0.2) is 0 Å². The maximum absolute atomic E-state index is 13.1. The Bertz CT molecular complexity index is 896. The highest BCUT2D eigenvalue weighted by atomic mass is 16.5. The number of nitrogens with zero attached hydrogens (tertiary/aromatic N) is 3. The van der Waals surface area contributed by atoms with E-state index in [1.807, 2.05) is 17.0 Å². The summed E-state index contributed by atoms with van der Waals surface area (Å²) in [7, 11) is 3.36.